The van der Waals surface area contributed by atoms with Gasteiger partial charge in [-0.15, -0.1) is 0 Å². The Hall–Kier alpha value is -1.35. The van der Waals surface area contributed by atoms with Crippen LogP contribution in [0.2, 0.25) is 0 Å². The molecule has 0 spiro atoms. The summed E-state index contributed by atoms with van der Waals surface area (Å²) in [5.41, 5.74) is 2.22. The van der Waals surface area contributed by atoms with Crippen LogP contribution >= 0.6 is 0 Å². The second-order valence-electron chi connectivity index (χ2n) is 5.85. The molecule has 3 rings (SSSR count). The first-order chi connectivity index (χ1) is 9.29. The molecule has 2 atom stereocenters. The molecule has 102 valence electrons. The number of carbonyl (C=O) groups excluding carboxylic acids is 1. The Labute approximate surface area is 115 Å². The lowest BCUT2D eigenvalue weighted by Gasteiger charge is -2.37. The van der Waals surface area contributed by atoms with Crippen LogP contribution in [0.15, 0.2) is 24.3 Å². The van der Waals surface area contributed by atoms with E-state index in [1.165, 1.54) is 37.7 Å². The highest BCUT2D eigenvalue weighted by Crippen LogP contribution is 2.37. The van der Waals surface area contributed by atoms with Crippen LogP contribution in [0.5, 0.6) is 0 Å². The summed E-state index contributed by atoms with van der Waals surface area (Å²) >= 11 is 0. The Kier molecular flexibility index (Phi) is 3.56. The molecule has 2 aliphatic rings. The van der Waals surface area contributed by atoms with Crippen molar-refractivity contribution in [1.82, 2.24) is 5.01 Å². The third kappa shape index (κ3) is 2.39. The van der Waals surface area contributed by atoms with Crippen LogP contribution < -0.4 is 5.01 Å². The average molecular weight is 258 g/mol. The topological polar surface area (TPSA) is 23.6 Å². The van der Waals surface area contributed by atoms with Crippen LogP contribution in [0, 0.1) is 12.8 Å². The summed E-state index contributed by atoms with van der Waals surface area (Å²) in [5, 5.41) is 4.12. The molecule has 0 bridgehead atoms. The van der Waals surface area contributed by atoms with Gasteiger partial charge in [0.2, 0.25) is 6.41 Å². The molecule has 3 nitrogen and oxygen atoms in total. The number of hydrogen-bond donors (Lipinski definition) is 0. The number of hydrazine groups is 1. The average Bonchev–Trinajstić information content (AvgIpc) is 2.86. The number of fused-ring (bicyclic) bond motifs is 1. The number of benzene rings is 1. The van der Waals surface area contributed by atoms with Crippen LogP contribution in [0.3, 0.4) is 0 Å². The fourth-order valence-electron chi connectivity index (χ4n) is 3.62. The van der Waals surface area contributed by atoms with Gasteiger partial charge in [-0.2, -0.15) is 0 Å². The minimum Gasteiger partial charge on any atom is -0.277 e. The zero-order chi connectivity index (χ0) is 13.2. The summed E-state index contributed by atoms with van der Waals surface area (Å²) in [6, 6.07) is 8.79. The Morgan fingerprint density at radius 2 is 1.89 bits per heavy atom. The lowest BCUT2D eigenvalue weighted by molar-refractivity contribution is -0.110. The van der Waals surface area contributed by atoms with Crippen LogP contribution in [0.4, 0.5) is 5.69 Å². The maximum Gasteiger partial charge on any atom is 0.228 e. The zero-order valence-electron chi connectivity index (χ0n) is 11.6. The Morgan fingerprint density at radius 3 is 2.63 bits per heavy atom. The van der Waals surface area contributed by atoms with E-state index in [9.17, 15) is 4.79 Å². The van der Waals surface area contributed by atoms with Gasteiger partial charge in [-0.3, -0.25) is 4.79 Å². The van der Waals surface area contributed by atoms with E-state index in [4.69, 9.17) is 0 Å². The first-order valence-corrected chi connectivity index (χ1v) is 7.37. The van der Waals surface area contributed by atoms with Crippen LogP contribution in [-0.4, -0.2) is 24.0 Å². The molecule has 2 fully saturated rings. The van der Waals surface area contributed by atoms with E-state index in [1.807, 2.05) is 17.1 Å². The van der Waals surface area contributed by atoms with E-state index in [1.54, 1.807) is 0 Å². The van der Waals surface area contributed by atoms with Gasteiger partial charge >= 0.3 is 0 Å². The fraction of sp³-hybridized carbons (Fsp3) is 0.562. The Balaban J connectivity index is 1.82. The van der Waals surface area contributed by atoms with Crippen molar-refractivity contribution in [2.75, 3.05) is 11.6 Å². The lowest BCUT2D eigenvalue weighted by atomic mass is 9.85. The largest absolute Gasteiger partial charge is 0.277 e. The molecule has 1 amide bonds. The molecule has 1 aliphatic heterocycles. The molecular weight excluding hydrogens is 236 g/mol. The van der Waals surface area contributed by atoms with Crippen molar-refractivity contribution < 1.29 is 4.79 Å². The summed E-state index contributed by atoms with van der Waals surface area (Å²) in [6.45, 7) is 3.09. The van der Waals surface area contributed by atoms with Gasteiger partial charge in [0.05, 0.1) is 5.69 Å². The standard InChI is InChI=1S/C16H22N2O/c1-13-6-8-15(9-7-13)18(12-19)17-11-10-14-4-2-3-5-16(14)17/h6-9,12,14,16H,2-5,10-11H2,1H3. The third-order valence-electron chi connectivity index (χ3n) is 4.66. The van der Waals surface area contributed by atoms with Crippen molar-refractivity contribution >= 4 is 12.1 Å². The zero-order valence-corrected chi connectivity index (χ0v) is 11.6. The number of hydrogen-bond acceptors (Lipinski definition) is 2. The number of carbonyl (C=O) groups is 1. The quantitative estimate of drug-likeness (QED) is 0.778. The smallest absolute Gasteiger partial charge is 0.228 e. The van der Waals surface area contributed by atoms with Gasteiger partial charge in [0.15, 0.2) is 0 Å². The molecule has 1 aromatic rings. The van der Waals surface area contributed by atoms with Gasteiger partial charge in [-0.1, -0.05) is 30.5 Å². The number of aryl methyl sites for hydroxylation is 1. The van der Waals surface area contributed by atoms with Gasteiger partial charge in [-0.25, -0.2) is 10.0 Å². The van der Waals surface area contributed by atoms with Crippen molar-refractivity contribution in [3.8, 4) is 0 Å². The molecule has 0 radical (unpaired) electrons. The summed E-state index contributed by atoms with van der Waals surface area (Å²) in [6.07, 6.45) is 7.45. The molecular formula is C16H22N2O. The molecule has 1 aromatic carbocycles. The first-order valence-electron chi connectivity index (χ1n) is 7.37. The molecule has 19 heavy (non-hydrogen) atoms. The second-order valence-corrected chi connectivity index (χ2v) is 5.85. The normalized spacial score (nSPS) is 27.0. The van der Waals surface area contributed by atoms with E-state index in [-0.39, 0.29) is 0 Å². The number of anilines is 1. The highest BCUT2D eigenvalue weighted by molar-refractivity contribution is 5.73. The molecule has 3 heteroatoms. The summed E-state index contributed by atoms with van der Waals surface area (Å²) in [5.74, 6) is 0.793. The molecule has 0 aromatic heterocycles. The SMILES string of the molecule is Cc1ccc(N(C=O)N2CCC3CCCCC32)cc1. The highest BCUT2D eigenvalue weighted by Gasteiger charge is 2.38. The predicted molar refractivity (Wildman–Crippen MR) is 76.8 cm³/mol. The van der Waals surface area contributed by atoms with Gasteiger partial charge in [0.25, 0.3) is 0 Å². The molecule has 1 saturated carbocycles. The van der Waals surface area contributed by atoms with Crippen molar-refractivity contribution in [2.24, 2.45) is 5.92 Å². The fourth-order valence-corrected chi connectivity index (χ4v) is 3.62. The van der Waals surface area contributed by atoms with E-state index < -0.39 is 0 Å². The van der Waals surface area contributed by atoms with E-state index in [0.717, 1.165) is 24.6 Å². The second kappa shape index (κ2) is 5.33. The summed E-state index contributed by atoms with van der Waals surface area (Å²) in [4.78, 5) is 11.5. The molecule has 0 N–H and O–H groups in total. The highest BCUT2D eigenvalue weighted by atomic mass is 16.1. The molecule has 2 unspecified atom stereocenters. The van der Waals surface area contributed by atoms with Gasteiger partial charge in [-0.05, 0) is 44.2 Å². The minimum atomic E-state index is 0.570. The molecule has 1 aliphatic carbocycles. The number of rotatable bonds is 3. The van der Waals surface area contributed by atoms with E-state index >= 15 is 0 Å². The molecule has 1 heterocycles. The van der Waals surface area contributed by atoms with E-state index in [2.05, 4.69) is 24.1 Å². The Bertz CT molecular complexity index is 443. The third-order valence-corrected chi connectivity index (χ3v) is 4.66. The maximum absolute atomic E-state index is 11.5. The monoisotopic (exact) mass is 258 g/mol. The van der Waals surface area contributed by atoms with Gasteiger partial charge < -0.3 is 0 Å². The van der Waals surface area contributed by atoms with Crippen molar-refractivity contribution in [3.05, 3.63) is 29.8 Å². The van der Waals surface area contributed by atoms with Crippen LogP contribution in [0.25, 0.3) is 0 Å². The van der Waals surface area contributed by atoms with Crippen molar-refractivity contribution in [2.45, 2.75) is 45.1 Å². The van der Waals surface area contributed by atoms with E-state index in [0.29, 0.717) is 6.04 Å². The maximum atomic E-state index is 11.5. The molecule has 1 saturated heterocycles. The minimum absolute atomic E-state index is 0.570. The van der Waals surface area contributed by atoms with Crippen molar-refractivity contribution in [3.63, 3.8) is 0 Å². The number of nitrogens with zero attached hydrogens (tertiary/aromatic N) is 2. The van der Waals surface area contributed by atoms with Gasteiger partial charge in [0.1, 0.15) is 0 Å². The van der Waals surface area contributed by atoms with Crippen molar-refractivity contribution in [1.29, 1.82) is 0 Å². The lowest BCUT2D eigenvalue weighted by Crippen LogP contribution is -2.47. The number of amides is 1. The first kappa shape index (κ1) is 12.7. The summed E-state index contributed by atoms with van der Waals surface area (Å²) < 4.78 is 0. The van der Waals surface area contributed by atoms with Gasteiger partial charge in [0, 0.05) is 12.6 Å². The van der Waals surface area contributed by atoms with Crippen LogP contribution in [0.1, 0.15) is 37.7 Å². The predicted octanol–water partition coefficient (Wildman–Crippen LogP) is 3.14. The van der Waals surface area contributed by atoms with Crippen LogP contribution in [-0.2, 0) is 4.79 Å². The summed E-state index contributed by atoms with van der Waals surface area (Å²) in [7, 11) is 0. The Morgan fingerprint density at radius 1 is 1.16 bits per heavy atom.